The van der Waals surface area contributed by atoms with Crippen LogP contribution in [0.25, 0.3) is 0 Å². The Bertz CT molecular complexity index is 730. The maximum atomic E-state index is 11.6. The molecule has 130 valence electrons. The summed E-state index contributed by atoms with van der Waals surface area (Å²) in [5.41, 5.74) is -0.184. The zero-order chi connectivity index (χ0) is 17.5. The molecule has 0 saturated heterocycles. The van der Waals surface area contributed by atoms with Crippen molar-refractivity contribution in [1.82, 2.24) is 24.7 Å². The lowest BCUT2D eigenvalue weighted by molar-refractivity contribution is 0.401. The third-order valence-electron chi connectivity index (χ3n) is 3.15. The van der Waals surface area contributed by atoms with Gasteiger partial charge in [-0.2, -0.15) is 15.0 Å². The summed E-state index contributed by atoms with van der Waals surface area (Å²) in [5, 5.41) is 7.27. The van der Waals surface area contributed by atoms with Gasteiger partial charge in [-0.3, -0.25) is 4.79 Å². The van der Waals surface area contributed by atoms with Gasteiger partial charge in [0, 0.05) is 39.3 Å². The number of unbranched alkanes of at least 4 members (excludes halogenated alkanes) is 1. The van der Waals surface area contributed by atoms with E-state index in [2.05, 4.69) is 32.3 Å². The molecule has 2 rings (SSSR count). The number of nitrogens with one attached hydrogen (secondary N) is 1. The van der Waals surface area contributed by atoms with Gasteiger partial charge in [0.15, 0.2) is 0 Å². The van der Waals surface area contributed by atoms with E-state index in [4.69, 9.17) is 4.74 Å². The standard InChI is InChI=1S/C15H23N7O2/c1-5-7-10-16-13-17-14(21(3)4)19-15(18-13)24-11-8-9-12(23)22(6-2)20-11/h8-9H,5-7,10H2,1-4H3,(H,16,17,18,19). The molecule has 0 saturated carbocycles. The topological polar surface area (TPSA) is 98.1 Å². The second-order valence-electron chi connectivity index (χ2n) is 5.34. The Kier molecular flexibility index (Phi) is 6.05. The Morgan fingerprint density at radius 2 is 2.00 bits per heavy atom. The zero-order valence-electron chi connectivity index (χ0n) is 14.5. The molecule has 2 heterocycles. The Balaban J connectivity index is 2.26. The Labute approximate surface area is 140 Å². The Morgan fingerprint density at radius 1 is 1.21 bits per heavy atom. The van der Waals surface area contributed by atoms with Crippen molar-refractivity contribution in [2.45, 2.75) is 33.2 Å². The first-order valence-corrected chi connectivity index (χ1v) is 7.96. The van der Waals surface area contributed by atoms with Gasteiger partial charge < -0.3 is 15.0 Å². The van der Waals surface area contributed by atoms with Gasteiger partial charge in [-0.15, -0.1) is 5.10 Å². The third-order valence-corrected chi connectivity index (χ3v) is 3.15. The van der Waals surface area contributed by atoms with E-state index < -0.39 is 0 Å². The molecule has 24 heavy (non-hydrogen) atoms. The lowest BCUT2D eigenvalue weighted by atomic mass is 10.3. The van der Waals surface area contributed by atoms with E-state index in [9.17, 15) is 4.79 Å². The predicted octanol–water partition coefficient (Wildman–Crippen LogP) is 1.52. The quantitative estimate of drug-likeness (QED) is 0.726. The molecule has 9 heteroatoms. The smallest absolute Gasteiger partial charge is 0.330 e. The summed E-state index contributed by atoms with van der Waals surface area (Å²) < 4.78 is 6.92. The number of aromatic nitrogens is 5. The lowest BCUT2D eigenvalue weighted by Crippen LogP contribution is -2.21. The van der Waals surface area contributed by atoms with Crippen molar-refractivity contribution in [2.24, 2.45) is 0 Å². The molecule has 9 nitrogen and oxygen atoms in total. The van der Waals surface area contributed by atoms with Gasteiger partial charge in [-0.05, 0) is 13.3 Å². The van der Waals surface area contributed by atoms with Crippen molar-refractivity contribution in [3.63, 3.8) is 0 Å². The van der Waals surface area contributed by atoms with E-state index in [1.165, 1.54) is 16.8 Å². The Morgan fingerprint density at radius 3 is 2.67 bits per heavy atom. The summed E-state index contributed by atoms with van der Waals surface area (Å²) in [6, 6.07) is 3.03. The number of hydrogen-bond acceptors (Lipinski definition) is 8. The number of aryl methyl sites for hydroxylation is 1. The fourth-order valence-corrected chi connectivity index (χ4v) is 1.85. The number of nitrogens with zero attached hydrogens (tertiary/aromatic N) is 6. The maximum Gasteiger partial charge on any atom is 0.330 e. The van der Waals surface area contributed by atoms with Crippen molar-refractivity contribution >= 4 is 11.9 Å². The number of anilines is 2. The largest absolute Gasteiger partial charge is 0.403 e. The van der Waals surface area contributed by atoms with E-state index in [1.54, 1.807) is 4.90 Å². The lowest BCUT2D eigenvalue weighted by Gasteiger charge is -2.13. The van der Waals surface area contributed by atoms with Crippen LogP contribution < -0.4 is 20.5 Å². The van der Waals surface area contributed by atoms with Gasteiger partial charge in [0.05, 0.1) is 0 Å². The molecule has 0 aliphatic carbocycles. The molecule has 0 spiro atoms. The molecule has 0 bridgehead atoms. The Hall–Kier alpha value is -2.71. The minimum absolute atomic E-state index is 0.126. The highest BCUT2D eigenvalue weighted by Crippen LogP contribution is 2.18. The highest BCUT2D eigenvalue weighted by atomic mass is 16.5. The molecule has 0 unspecified atom stereocenters. The highest BCUT2D eigenvalue weighted by molar-refractivity contribution is 5.37. The van der Waals surface area contributed by atoms with E-state index >= 15 is 0 Å². The molecule has 0 atom stereocenters. The molecule has 2 aromatic heterocycles. The van der Waals surface area contributed by atoms with Crippen molar-refractivity contribution in [3.05, 3.63) is 22.5 Å². The predicted molar refractivity (Wildman–Crippen MR) is 91.8 cm³/mol. The molecule has 0 aliphatic rings. The van der Waals surface area contributed by atoms with Crippen LogP contribution in [0.1, 0.15) is 26.7 Å². The van der Waals surface area contributed by atoms with Gasteiger partial charge in [-0.1, -0.05) is 13.3 Å². The molecule has 2 aromatic rings. The fraction of sp³-hybridized carbons (Fsp3) is 0.533. The third kappa shape index (κ3) is 4.64. The van der Waals surface area contributed by atoms with Crippen LogP contribution in [-0.4, -0.2) is 45.4 Å². The normalized spacial score (nSPS) is 10.5. The number of ether oxygens (including phenoxy) is 1. The van der Waals surface area contributed by atoms with E-state index in [1.807, 2.05) is 21.0 Å². The molecule has 0 radical (unpaired) electrons. The van der Waals surface area contributed by atoms with Crippen LogP contribution in [0.4, 0.5) is 11.9 Å². The summed E-state index contributed by atoms with van der Waals surface area (Å²) in [5.74, 6) is 1.18. The van der Waals surface area contributed by atoms with Crippen LogP contribution in [0.15, 0.2) is 16.9 Å². The molecule has 0 aromatic carbocycles. The number of hydrogen-bond donors (Lipinski definition) is 1. The van der Waals surface area contributed by atoms with Crippen molar-refractivity contribution in [2.75, 3.05) is 30.9 Å². The van der Waals surface area contributed by atoms with E-state index in [0.29, 0.717) is 18.4 Å². The van der Waals surface area contributed by atoms with Crippen molar-refractivity contribution < 1.29 is 4.74 Å². The van der Waals surface area contributed by atoms with Gasteiger partial charge in [-0.25, -0.2) is 4.68 Å². The average Bonchev–Trinajstić information content (AvgIpc) is 2.56. The molecule has 0 amide bonds. The number of rotatable bonds is 8. The molecular weight excluding hydrogens is 310 g/mol. The summed E-state index contributed by atoms with van der Waals surface area (Å²) >= 11 is 0. The zero-order valence-corrected chi connectivity index (χ0v) is 14.5. The van der Waals surface area contributed by atoms with Gasteiger partial charge in [0.1, 0.15) is 0 Å². The maximum absolute atomic E-state index is 11.6. The van der Waals surface area contributed by atoms with Crippen LogP contribution in [0, 0.1) is 0 Å². The van der Waals surface area contributed by atoms with Crippen LogP contribution in [-0.2, 0) is 6.54 Å². The van der Waals surface area contributed by atoms with Crippen LogP contribution in [0.3, 0.4) is 0 Å². The van der Waals surface area contributed by atoms with Gasteiger partial charge >= 0.3 is 6.01 Å². The van der Waals surface area contributed by atoms with Crippen LogP contribution >= 0.6 is 0 Å². The van der Waals surface area contributed by atoms with Gasteiger partial charge in [0.25, 0.3) is 5.56 Å². The minimum Gasteiger partial charge on any atom is -0.403 e. The van der Waals surface area contributed by atoms with E-state index in [0.717, 1.165) is 19.4 Å². The highest BCUT2D eigenvalue weighted by Gasteiger charge is 2.11. The summed E-state index contributed by atoms with van der Waals surface area (Å²) in [6.45, 7) is 5.18. The van der Waals surface area contributed by atoms with Crippen LogP contribution in [0.2, 0.25) is 0 Å². The first kappa shape index (κ1) is 17.6. The van der Waals surface area contributed by atoms with E-state index in [-0.39, 0.29) is 17.4 Å². The first-order chi connectivity index (χ1) is 11.5. The summed E-state index contributed by atoms with van der Waals surface area (Å²) in [6.07, 6.45) is 2.09. The minimum atomic E-state index is -0.184. The fourth-order valence-electron chi connectivity index (χ4n) is 1.85. The van der Waals surface area contributed by atoms with Crippen molar-refractivity contribution in [3.8, 4) is 11.9 Å². The molecular formula is C15H23N7O2. The van der Waals surface area contributed by atoms with Crippen molar-refractivity contribution in [1.29, 1.82) is 0 Å². The molecule has 0 aliphatic heterocycles. The monoisotopic (exact) mass is 333 g/mol. The second kappa shape index (κ2) is 8.23. The summed E-state index contributed by atoms with van der Waals surface area (Å²) in [4.78, 5) is 26.2. The van der Waals surface area contributed by atoms with Gasteiger partial charge in [0.2, 0.25) is 17.8 Å². The molecule has 1 N–H and O–H groups in total. The average molecular weight is 333 g/mol. The first-order valence-electron chi connectivity index (χ1n) is 7.96. The second-order valence-corrected chi connectivity index (χ2v) is 5.34. The van der Waals surface area contributed by atoms with Crippen LogP contribution in [0.5, 0.6) is 11.9 Å². The summed E-state index contributed by atoms with van der Waals surface area (Å²) in [7, 11) is 3.68. The molecule has 0 fully saturated rings. The SMILES string of the molecule is CCCCNc1nc(Oc2ccc(=O)n(CC)n2)nc(N(C)C)n1.